The molecule has 0 bridgehead atoms. The summed E-state index contributed by atoms with van der Waals surface area (Å²) < 4.78 is 11.3. The minimum absolute atomic E-state index is 0.419. The van der Waals surface area contributed by atoms with Crippen LogP contribution in [0.15, 0.2) is 46.9 Å². The molecule has 3 rings (SSSR count). The Morgan fingerprint density at radius 1 is 1.07 bits per heavy atom. The van der Waals surface area contributed by atoms with E-state index < -0.39 is 0 Å². The Labute approximate surface area is 163 Å². The minimum atomic E-state index is 0.419. The lowest BCUT2D eigenvalue weighted by molar-refractivity contribution is 0.281. The van der Waals surface area contributed by atoms with Crippen molar-refractivity contribution in [3.05, 3.63) is 69.2 Å². The first-order valence-electron chi connectivity index (χ1n) is 8.63. The van der Waals surface area contributed by atoms with Gasteiger partial charge >= 0.3 is 0 Å². The molecule has 6 heteroatoms. The average molecular weight is 382 g/mol. The van der Waals surface area contributed by atoms with Gasteiger partial charge in [0.05, 0.1) is 29.7 Å². The second-order valence-corrected chi connectivity index (χ2v) is 7.37. The largest absolute Gasteiger partial charge is 0.493 e. The standard InChI is InChI=1S/C21H23N3O2S/c1-14-7-15(2)9-18(8-14)24-22-11-17-5-6-20(21(10-17)25-4)26-12-19-13-27-16(3)23-19/h5-11,13,24H,12H2,1-4H3/b22-11-. The number of benzene rings is 2. The fourth-order valence-electron chi connectivity index (χ4n) is 2.73. The Morgan fingerprint density at radius 3 is 2.52 bits per heavy atom. The van der Waals surface area contributed by atoms with Gasteiger partial charge in [0, 0.05) is 5.38 Å². The number of methoxy groups -OCH3 is 1. The fraction of sp³-hybridized carbons (Fsp3) is 0.238. The van der Waals surface area contributed by atoms with E-state index in [1.165, 1.54) is 11.1 Å². The van der Waals surface area contributed by atoms with Crippen LogP contribution in [0.2, 0.25) is 0 Å². The number of hydrogen-bond acceptors (Lipinski definition) is 6. The van der Waals surface area contributed by atoms with Crippen molar-refractivity contribution in [1.29, 1.82) is 0 Å². The maximum atomic E-state index is 5.84. The van der Waals surface area contributed by atoms with Gasteiger partial charge in [0.15, 0.2) is 11.5 Å². The molecule has 2 aromatic carbocycles. The molecule has 0 aliphatic heterocycles. The summed E-state index contributed by atoms with van der Waals surface area (Å²) in [4.78, 5) is 4.40. The predicted molar refractivity (Wildman–Crippen MR) is 111 cm³/mol. The summed E-state index contributed by atoms with van der Waals surface area (Å²) in [6.45, 7) is 6.54. The summed E-state index contributed by atoms with van der Waals surface area (Å²) in [5.41, 5.74) is 8.27. The number of anilines is 1. The summed E-state index contributed by atoms with van der Waals surface area (Å²) in [6.07, 6.45) is 1.76. The summed E-state index contributed by atoms with van der Waals surface area (Å²) in [5.74, 6) is 1.35. The van der Waals surface area contributed by atoms with Gasteiger partial charge < -0.3 is 9.47 Å². The van der Waals surface area contributed by atoms with Gasteiger partial charge in [-0.25, -0.2) is 4.98 Å². The smallest absolute Gasteiger partial charge is 0.161 e. The van der Waals surface area contributed by atoms with E-state index in [4.69, 9.17) is 9.47 Å². The highest BCUT2D eigenvalue weighted by molar-refractivity contribution is 7.09. The molecule has 0 atom stereocenters. The van der Waals surface area contributed by atoms with Gasteiger partial charge in [0.2, 0.25) is 0 Å². The van der Waals surface area contributed by atoms with E-state index in [1.807, 2.05) is 30.5 Å². The molecule has 0 saturated carbocycles. The minimum Gasteiger partial charge on any atom is -0.493 e. The Morgan fingerprint density at radius 2 is 1.85 bits per heavy atom. The van der Waals surface area contributed by atoms with Gasteiger partial charge in [-0.3, -0.25) is 5.43 Å². The zero-order valence-electron chi connectivity index (χ0n) is 15.9. The van der Waals surface area contributed by atoms with E-state index >= 15 is 0 Å². The van der Waals surface area contributed by atoms with Crippen LogP contribution in [0.4, 0.5) is 5.69 Å². The van der Waals surface area contributed by atoms with E-state index in [1.54, 1.807) is 24.7 Å². The van der Waals surface area contributed by atoms with Gasteiger partial charge in [0.25, 0.3) is 0 Å². The van der Waals surface area contributed by atoms with Crippen LogP contribution >= 0.6 is 11.3 Å². The molecule has 1 aromatic heterocycles. The molecule has 0 fully saturated rings. The van der Waals surface area contributed by atoms with E-state index in [9.17, 15) is 0 Å². The number of hydrazone groups is 1. The van der Waals surface area contributed by atoms with Gasteiger partial charge in [-0.1, -0.05) is 6.07 Å². The second kappa shape index (κ2) is 8.68. The molecule has 0 aliphatic rings. The molecule has 0 saturated heterocycles. The summed E-state index contributed by atoms with van der Waals surface area (Å²) in [6, 6.07) is 12.0. The van der Waals surface area contributed by atoms with Crippen molar-refractivity contribution in [3.63, 3.8) is 0 Å². The van der Waals surface area contributed by atoms with Crippen molar-refractivity contribution in [1.82, 2.24) is 4.98 Å². The van der Waals surface area contributed by atoms with Gasteiger partial charge in [-0.2, -0.15) is 5.10 Å². The molecule has 0 unspecified atom stereocenters. The number of nitrogens with one attached hydrogen (secondary N) is 1. The summed E-state index contributed by atoms with van der Waals surface area (Å²) >= 11 is 1.61. The van der Waals surface area contributed by atoms with E-state index in [0.717, 1.165) is 22.0 Å². The first-order valence-corrected chi connectivity index (χ1v) is 9.50. The monoisotopic (exact) mass is 381 g/mol. The average Bonchev–Trinajstić information content (AvgIpc) is 3.05. The number of aromatic nitrogens is 1. The van der Waals surface area contributed by atoms with Crippen molar-refractivity contribution in [3.8, 4) is 11.5 Å². The lowest BCUT2D eigenvalue weighted by Crippen LogP contribution is -1.99. The maximum absolute atomic E-state index is 5.84. The molecular weight excluding hydrogens is 358 g/mol. The second-order valence-electron chi connectivity index (χ2n) is 6.30. The molecule has 3 aromatic rings. The molecule has 0 aliphatic carbocycles. The molecule has 1 N–H and O–H groups in total. The van der Waals surface area contributed by atoms with E-state index in [2.05, 4.69) is 47.6 Å². The lowest BCUT2D eigenvalue weighted by Gasteiger charge is -2.10. The van der Waals surface area contributed by atoms with Crippen LogP contribution in [0.25, 0.3) is 0 Å². The molecule has 5 nitrogen and oxygen atoms in total. The van der Waals surface area contributed by atoms with Gasteiger partial charge in [-0.05, 0) is 67.8 Å². The van der Waals surface area contributed by atoms with Crippen LogP contribution in [0, 0.1) is 20.8 Å². The topological polar surface area (TPSA) is 55.7 Å². The summed E-state index contributed by atoms with van der Waals surface area (Å²) in [5, 5.41) is 7.35. The highest BCUT2D eigenvalue weighted by Crippen LogP contribution is 2.28. The highest BCUT2D eigenvalue weighted by Gasteiger charge is 2.07. The van der Waals surface area contributed by atoms with Crippen LogP contribution in [0.5, 0.6) is 11.5 Å². The quantitative estimate of drug-likeness (QED) is 0.457. The number of ether oxygens (including phenoxy) is 2. The maximum Gasteiger partial charge on any atom is 0.161 e. The SMILES string of the molecule is COc1cc(/C=N\Nc2cc(C)cc(C)c2)ccc1OCc1csc(C)n1. The van der Waals surface area contributed by atoms with E-state index in [-0.39, 0.29) is 0 Å². The number of rotatable bonds is 7. The van der Waals surface area contributed by atoms with Crippen LogP contribution in [0.3, 0.4) is 0 Å². The Bertz CT molecular complexity index is 930. The third-order valence-electron chi connectivity index (χ3n) is 3.86. The third kappa shape index (κ3) is 5.31. The van der Waals surface area contributed by atoms with Crippen LogP contribution in [-0.4, -0.2) is 18.3 Å². The Balaban J connectivity index is 1.65. The van der Waals surface area contributed by atoms with Crippen LogP contribution in [-0.2, 0) is 6.61 Å². The van der Waals surface area contributed by atoms with Crippen molar-refractivity contribution in [2.24, 2.45) is 5.10 Å². The third-order valence-corrected chi connectivity index (χ3v) is 4.68. The highest BCUT2D eigenvalue weighted by atomic mass is 32.1. The molecule has 27 heavy (non-hydrogen) atoms. The van der Waals surface area contributed by atoms with Crippen molar-refractivity contribution in [2.45, 2.75) is 27.4 Å². The summed E-state index contributed by atoms with van der Waals surface area (Å²) in [7, 11) is 1.63. The van der Waals surface area contributed by atoms with Crippen LogP contribution in [0.1, 0.15) is 27.4 Å². The number of thiazole rings is 1. The molecule has 140 valence electrons. The normalized spacial score (nSPS) is 11.0. The molecule has 0 radical (unpaired) electrons. The van der Waals surface area contributed by atoms with Crippen molar-refractivity contribution >= 4 is 23.2 Å². The van der Waals surface area contributed by atoms with Crippen molar-refractivity contribution in [2.75, 3.05) is 12.5 Å². The first-order chi connectivity index (χ1) is 13.0. The Hall–Kier alpha value is -2.86. The van der Waals surface area contributed by atoms with Crippen LogP contribution < -0.4 is 14.9 Å². The number of nitrogens with zero attached hydrogens (tertiary/aromatic N) is 2. The molecule has 0 spiro atoms. The fourth-order valence-corrected chi connectivity index (χ4v) is 3.33. The zero-order valence-corrected chi connectivity index (χ0v) is 16.8. The van der Waals surface area contributed by atoms with Crippen molar-refractivity contribution < 1.29 is 9.47 Å². The number of hydrogen-bond donors (Lipinski definition) is 1. The van der Waals surface area contributed by atoms with Gasteiger partial charge in [-0.15, -0.1) is 11.3 Å². The molecular formula is C21H23N3O2S. The molecule has 1 heterocycles. The lowest BCUT2D eigenvalue weighted by atomic mass is 10.1. The number of aryl methyl sites for hydroxylation is 3. The Kier molecular flexibility index (Phi) is 6.08. The molecule has 0 amide bonds. The van der Waals surface area contributed by atoms with E-state index in [0.29, 0.717) is 18.1 Å². The predicted octanol–water partition coefficient (Wildman–Crippen LogP) is 5.10. The zero-order chi connectivity index (χ0) is 19.2. The van der Waals surface area contributed by atoms with Gasteiger partial charge in [0.1, 0.15) is 6.61 Å². The first kappa shape index (κ1) is 18.9.